The molecule has 2 fully saturated rings. The van der Waals surface area contributed by atoms with Gasteiger partial charge in [0.15, 0.2) is 11.6 Å². The number of benzene rings is 2. The standard InChI is InChI=1S/C34H34O2/c35-33-29-17-9-7-15-27(29)25(21-31(33)23-11-3-1-4-12-23)19-20-26-22-32(24-13-5-2-6-14-24)34(36)30-18-10-8-16-28(26)30/h7-10,15-24H,1-6,11-14H2/b25-19-,26-20+. The molecular formula is C34H34O2. The van der Waals surface area contributed by atoms with Crippen LogP contribution in [0.15, 0.2) is 84.0 Å². The first-order chi connectivity index (χ1) is 17.7. The summed E-state index contributed by atoms with van der Waals surface area (Å²) in [6, 6.07) is 16.1. The minimum atomic E-state index is 0.204. The Bertz CT molecular complexity index is 1220. The second-order valence-electron chi connectivity index (χ2n) is 10.9. The average Bonchev–Trinajstić information content (AvgIpc) is 2.95. The van der Waals surface area contributed by atoms with Crippen molar-refractivity contribution < 1.29 is 9.59 Å². The molecule has 2 nitrogen and oxygen atoms in total. The van der Waals surface area contributed by atoms with Crippen LogP contribution < -0.4 is 0 Å². The Labute approximate surface area is 214 Å². The molecule has 0 radical (unpaired) electrons. The topological polar surface area (TPSA) is 34.1 Å². The summed E-state index contributed by atoms with van der Waals surface area (Å²) in [6.07, 6.45) is 20.5. The largest absolute Gasteiger partial charge is 0.289 e. The van der Waals surface area contributed by atoms with Crippen LogP contribution in [0.25, 0.3) is 11.1 Å². The van der Waals surface area contributed by atoms with Gasteiger partial charge in [0.2, 0.25) is 0 Å². The van der Waals surface area contributed by atoms with Crippen molar-refractivity contribution in [2.45, 2.75) is 64.2 Å². The summed E-state index contributed by atoms with van der Waals surface area (Å²) < 4.78 is 0. The molecule has 0 aliphatic heterocycles. The van der Waals surface area contributed by atoms with Crippen LogP contribution in [0.2, 0.25) is 0 Å². The Balaban J connectivity index is 1.44. The maximum atomic E-state index is 13.4. The number of fused-ring (bicyclic) bond motifs is 2. The first-order valence-electron chi connectivity index (χ1n) is 13.8. The zero-order valence-electron chi connectivity index (χ0n) is 21.0. The van der Waals surface area contributed by atoms with Crippen LogP contribution in [0, 0.1) is 11.8 Å². The third-order valence-corrected chi connectivity index (χ3v) is 8.64. The first-order valence-corrected chi connectivity index (χ1v) is 13.8. The fourth-order valence-corrected chi connectivity index (χ4v) is 6.69. The van der Waals surface area contributed by atoms with Crippen molar-refractivity contribution in [2.24, 2.45) is 11.8 Å². The van der Waals surface area contributed by atoms with E-state index in [1.807, 2.05) is 36.4 Å². The van der Waals surface area contributed by atoms with Gasteiger partial charge < -0.3 is 0 Å². The number of ketones is 2. The molecule has 0 amide bonds. The van der Waals surface area contributed by atoms with Crippen LogP contribution >= 0.6 is 0 Å². The molecule has 0 N–H and O–H groups in total. The van der Waals surface area contributed by atoms with Crippen molar-refractivity contribution in [3.8, 4) is 0 Å². The van der Waals surface area contributed by atoms with Crippen molar-refractivity contribution in [1.82, 2.24) is 0 Å². The highest BCUT2D eigenvalue weighted by molar-refractivity contribution is 6.17. The summed E-state index contributed by atoms with van der Waals surface area (Å²) in [5, 5.41) is 0. The van der Waals surface area contributed by atoms with E-state index in [1.165, 1.54) is 38.5 Å². The minimum absolute atomic E-state index is 0.204. The number of hydrogen-bond acceptors (Lipinski definition) is 2. The fourth-order valence-electron chi connectivity index (χ4n) is 6.69. The van der Waals surface area contributed by atoms with Gasteiger partial charge >= 0.3 is 0 Å². The molecule has 0 aromatic heterocycles. The lowest BCUT2D eigenvalue weighted by atomic mass is 9.75. The van der Waals surface area contributed by atoms with Crippen LogP contribution in [-0.2, 0) is 0 Å². The summed E-state index contributed by atoms with van der Waals surface area (Å²) in [4.78, 5) is 26.9. The van der Waals surface area contributed by atoms with E-state index < -0.39 is 0 Å². The molecule has 0 unspecified atom stereocenters. The predicted molar refractivity (Wildman–Crippen MR) is 147 cm³/mol. The van der Waals surface area contributed by atoms with Crippen molar-refractivity contribution in [1.29, 1.82) is 0 Å². The van der Waals surface area contributed by atoms with Crippen molar-refractivity contribution in [2.75, 3.05) is 0 Å². The normalized spacial score (nSPS) is 23.3. The lowest BCUT2D eigenvalue weighted by molar-refractivity contribution is 0.100. The summed E-state index contributed by atoms with van der Waals surface area (Å²) in [5.74, 6) is 1.13. The van der Waals surface area contributed by atoms with E-state index in [9.17, 15) is 9.59 Å². The van der Waals surface area contributed by atoms with Gasteiger partial charge in [-0.25, -0.2) is 0 Å². The second-order valence-corrected chi connectivity index (χ2v) is 10.9. The van der Waals surface area contributed by atoms with Crippen molar-refractivity contribution in [3.63, 3.8) is 0 Å². The van der Waals surface area contributed by atoms with E-state index in [2.05, 4.69) is 36.4 Å². The molecule has 0 heterocycles. The van der Waals surface area contributed by atoms with Gasteiger partial charge in [0.1, 0.15) is 0 Å². The van der Waals surface area contributed by atoms with E-state index >= 15 is 0 Å². The third-order valence-electron chi connectivity index (χ3n) is 8.64. The summed E-state index contributed by atoms with van der Waals surface area (Å²) >= 11 is 0. The van der Waals surface area contributed by atoms with Crippen LogP contribution in [0.4, 0.5) is 0 Å². The smallest absolute Gasteiger partial charge is 0.189 e. The molecule has 2 heteroatoms. The quantitative estimate of drug-likeness (QED) is 0.446. The van der Waals surface area contributed by atoms with Crippen LogP contribution in [0.1, 0.15) is 96.1 Å². The Morgan fingerprint density at radius 3 is 1.25 bits per heavy atom. The predicted octanol–water partition coefficient (Wildman–Crippen LogP) is 8.56. The molecule has 4 aliphatic rings. The molecule has 2 aromatic rings. The van der Waals surface area contributed by atoms with Crippen LogP contribution in [0.5, 0.6) is 0 Å². The van der Waals surface area contributed by atoms with E-state index in [-0.39, 0.29) is 11.6 Å². The number of Topliss-reactive ketones (excluding diaryl/α,β-unsaturated/α-hetero) is 2. The SMILES string of the molecule is O=C1C(C2CCCCC2)=C/C(=C/C=C2\C=C(C3CCCCC3)C(=O)c3ccccc32)c2ccccc21. The Morgan fingerprint density at radius 2 is 0.861 bits per heavy atom. The molecule has 0 atom stereocenters. The van der Waals surface area contributed by atoms with E-state index in [0.29, 0.717) is 11.8 Å². The molecule has 182 valence electrons. The summed E-state index contributed by atoms with van der Waals surface area (Å²) in [5.41, 5.74) is 7.82. The number of carbonyl (C=O) groups is 2. The lowest BCUT2D eigenvalue weighted by Gasteiger charge is -2.28. The molecule has 0 saturated heterocycles. The molecule has 0 bridgehead atoms. The van der Waals surface area contributed by atoms with Gasteiger partial charge in [0.25, 0.3) is 0 Å². The highest BCUT2D eigenvalue weighted by Gasteiger charge is 2.31. The van der Waals surface area contributed by atoms with Gasteiger partial charge in [0.05, 0.1) is 0 Å². The summed E-state index contributed by atoms with van der Waals surface area (Å²) in [6.45, 7) is 0. The average molecular weight is 475 g/mol. The van der Waals surface area contributed by atoms with Crippen molar-refractivity contribution in [3.05, 3.63) is 106 Å². The van der Waals surface area contributed by atoms with Gasteiger partial charge in [0, 0.05) is 22.3 Å². The second kappa shape index (κ2) is 10.0. The highest BCUT2D eigenvalue weighted by atomic mass is 16.1. The molecule has 0 spiro atoms. The van der Waals surface area contributed by atoms with Crippen LogP contribution in [-0.4, -0.2) is 11.6 Å². The lowest BCUT2D eigenvalue weighted by Crippen LogP contribution is -2.20. The Hall–Kier alpha value is -3.26. The number of carbonyl (C=O) groups excluding carboxylic acids is 2. The number of rotatable bonds is 3. The van der Waals surface area contributed by atoms with E-state index in [1.54, 1.807) is 0 Å². The minimum Gasteiger partial charge on any atom is -0.289 e. The molecule has 2 aromatic carbocycles. The third kappa shape index (κ3) is 4.28. The Kier molecular flexibility index (Phi) is 6.44. The molecule has 4 aliphatic carbocycles. The van der Waals surface area contributed by atoms with Gasteiger partial charge in [-0.3, -0.25) is 9.59 Å². The zero-order valence-corrected chi connectivity index (χ0v) is 21.0. The monoisotopic (exact) mass is 474 g/mol. The number of allylic oxidation sites excluding steroid dienone is 8. The Morgan fingerprint density at radius 1 is 0.500 bits per heavy atom. The molecule has 2 saturated carbocycles. The first kappa shape index (κ1) is 23.2. The van der Waals surface area contributed by atoms with Gasteiger partial charge in [-0.15, -0.1) is 0 Å². The fraction of sp³-hybridized carbons (Fsp3) is 0.353. The van der Waals surface area contributed by atoms with Crippen molar-refractivity contribution >= 4 is 22.7 Å². The summed E-state index contributed by atoms with van der Waals surface area (Å²) in [7, 11) is 0. The van der Waals surface area contributed by atoms with E-state index in [4.69, 9.17) is 0 Å². The molecule has 36 heavy (non-hydrogen) atoms. The van der Waals surface area contributed by atoms with Gasteiger partial charge in [-0.2, -0.15) is 0 Å². The maximum absolute atomic E-state index is 13.4. The highest BCUT2D eigenvalue weighted by Crippen LogP contribution is 2.40. The maximum Gasteiger partial charge on any atom is 0.189 e. The number of hydrogen-bond donors (Lipinski definition) is 0. The zero-order chi connectivity index (χ0) is 24.5. The molecular weight excluding hydrogens is 440 g/mol. The van der Waals surface area contributed by atoms with E-state index in [0.717, 1.165) is 70.2 Å². The molecule has 6 rings (SSSR count). The van der Waals surface area contributed by atoms with Crippen LogP contribution in [0.3, 0.4) is 0 Å². The van der Waals surface area contributed by atoms with Gasteiger partial charge in [-0.1, -0.05) is 99.2 Å². The van der Waals surface area contributed by atoms with Gasteiger partial charge in [-0.05, 0) is 71.9 Å².